The standard InChI is InChI=1S/C21H22N2O5/c1-4-27-18(25)16-17(22)28-14-8-6-5-7-11(14)21(16)15-12(23-19(21)26)9-20(2,3)10-13(15)24/h5-8H,4,9-10,22H2,1-3H3,(H,23,26)/t21-/m1/s1. The molecular formula is C21H22N2O5. The van der Waals surface area contributed by atoms with Crippen LogP contribution in [0.4, 0.5) is 0 Å². The van der Waals surface area contributed by atoms with E-state index in [1.54, 1.807) is 31.2 Å². The van der Waals surface area contributed by atoms with E-state index < -0.39 is 17.3 Å². The largest absolute Gasteiger partial charge is 0.462 e. The molecule has 1 atom stereocenters. The molecule has 0 saturated carbocycles. The summed E-state index contributed by atoms with van der Waals surface area (Å²) in [7, 11) is 0. The Bertz CT molecular complexity index is 988. The summed E-state index contributed by atoms with van der Waals surface area (Å²) in [6, 6.07) is 6.82. The fourth-order valence-corrected chi connectivity index (χ4v) is 4.51. The quantitative estimate of drug-likeness (QED) is 0.756. The Morgan fingerprint density at radius 2 is 1.96 bits per heavy atom. The first kappa shape index (κ1) is 18.3. The smallest absolute Gasteiger partial charge is 0.341 e. The number of para-hydroxylation sites is 1. The first-order chi connectivity index (χ1) is 13.2. The van der Waals surface area contributed by atoms with Gasteiger partial charge in [0, 0.05) is 23.3 Å². The third-order valence-corrected chi connectivity index (χ3v) is 5.47. The lowest BCUT2D eigenvalue weighted by molar-refractivity contribution is -0.141. The molecule has 1 spiro atoms. The van der Waals surface area contributed by atoms with E-state index in [-0.39, 0.29) is 41.3 Å². The third kappa shape index (κ3) is 2.32. The van der Waals surface area contributed by atoms with Crippen LogP contribution in [0.3, 0.4) is 0 Å². The SMILES string of the molecule is CCOC(=O)C1=C(N)Oc2ccccc2[C@]12C(=O)NC1=C2C(=O)CC(C)(C)C1. The number of ether oxygens (including phenoxy) is 2. The van der Waals surface area contributed by atoms with Gasteiger partial charge in [0.2, 0.25) is 11.8 Å². The average Bonchev–Trinajstić information content (AvgIpc) is 2.86. The number of carbonyl (C=O) groups excluding carboxylic acids is 3. The van der Waals surface area contributed by atoms with Gasteiger partial charge in [-0.05, 0) is 24.8 Å². The molecule has 146 valence electrons. The normalized spacial score (nSPS) is 25.2. The predicted octanol–water partition coefficient (Wildman–Crippen LogP) is 1.82. The molecule has 0 radical (unpaired) electrons. The molecule has 1 amide bonds. The molecule has 0 fully saturated rings. The van der Waals surface area contributed by atoms with Crippen molar-refractivity contribution in [3.63, 3.8) is 0 Å². The lowest BCUT2D eigenvalue weighted by atomic mass is 9.63. The summed E-state index contributed by atoms with van der Waals surface area (Å²) in [5.74, 6) is -1.31. The molecule has 1 aromatic carbocycles. The zero-order chi connectivity index (χ0) is 20.3. The second-order valence-electron chi connectivity index (χ2n) is 8.06. The van der Waals surface area contributed by atoms with Gasteiger partial charge in [0.1, 0.15) is 16.7 Å². The Balaban J connectivity index is 2.06. The Morgan fingerprint density at radius 3 is 2.68 bits per heavy atom. The summed E-state index contributed by atoms with van der Waals surface area (Å²) in [5, 5.41) is 2.86. The fourth-order valence-electron chi connectivity index (χ4n) is 4.51. The maximum atomic E-state index is 13.4. The molecule has 3 aliphatic rings. The van der Waals surface area contributed by atoms with E-state index in [1.807, 2.05) is 13.8 Å². The molecule has 7 nitrogen and oxygen atoms in total. The monoisotopic (exact) mass is 382 g/mol. The van der Waals surface area contributed by atoms with Crippen LogP contribution in [0.25, 0.3) is 0 Å². The minimum absolute atomic E-state index is 0.0990. The van der Waals surface area contributed by atoms with Crippen LogP contribution in [0.5, 0.6) is 5.75 Å². The molecular weight excluding hydrogens is 360 g/mol. The van der Waals surface area contributed by atoms with Crippen molar-refractivity contribution >= 4 is 17.7 Å². The van der Waals surface area contributed by atoms with Gasteiger partial charge in [-0.3, -0.25) is 9.59 Å². The highest BCUT2D eigenvalue weighted by atomic mass is 16.5. The number of esters is 1. The van der Waals surface area contributed by atoms with Crippen molar-refractivity contribution < 1.29 is 23.9 Å². The van der Waals surface area contributed by atoms with Crippen LogP contribution >= 0.6 is 0 Å². The van der Waals surface area contributed by atoms with Crippen LogP contribution in [0.1, 0.15) is 39.2 Å². The van der Waals surface area contributed by atoms with Gasteiger partial charge in [-0.25, -0.2) is 4.79 Å². The van der Waals surface area contributed by atoms with Gasteiger partial charge in [-0.2, -0.15) is 0 Å². The van der Waals surface area contributed by atoms with Crippen LogP contribution in [0.2, 0.25) is 0 Å². The van der Waals surface area contributed by atoms with Crippen LogP contribution in [-0.4, -0.2) is 24.3 Å². The summed E-state index contributed by atoms with van der Waals surface area (Å²) in [5.41, 5.74) is 5.25. The Kier molecular flexibility index (Phi) is 3.89. The molecule has 0 saturated heterocycles. The Labute approximate surface area is 162 Å². The van der Waals surface area contributed by atoms with Gasteiger partial charge in [0.25, 0.3) is 0 Å². The number of Topliss-reactive ketones (excluding diaryl/α,β-unsaturated/α-hetero) is 1. The van der Waals surface area contributed by atoms with E-state index in [9.17, 15) is 14.4 Å². The van der Waals surface area contributed by atoms with Gasteiger partial charge in [-0.1, -0.05) is 32.0 Å². The summed E-state index contributed by atoms with van der Waals surface area (Å²) in [6.07, 6.45) is 0.780. The van der Waals surface area contributed by atoms with Crippen molar-refractivity contribution in [1.82, 2.24) is 5.32 Å². The van der Waals surface area contributed by atoms with Gasteiger partial charge in [0.05, 0.1) is 6.61 Å². The summed E-state index contributed by atoms with van der Waals surface area (Å²) in [4.78, 5) is 39.6. The lowest BCUT2D eigenvalue weighted by Gasteiger charge is -2.38. The number of fused-ring (bicyclic) bond motifs is 3. The van der Waals surface area contributed by atoms with Crippen molar-refractivity contribution in [3.8, 4) is 5.75 Å². The number of allylic oxidation sites excluding steroid dienone is 1. The first-order valence-electron chi connectivity index (χ1n) is 9.25. The second-order valence-corrected chi connectivity index (χ2v) is 8.06. The molecule has 28 heavy (non-hydrogen) atoms. The lowest BCUT2D eigenvalue weighted by Crippen LogP contribution is -2.49. The Morgan fingerprint density at radius 1 is 1.25 bits per heavy atom. The van der Waals surface area contributed by atoms with E-state index in [0.717, 1.165) is 0 Å². The molecule has 0 bridgehead atoms. The highest BCUT2D eigenvalue weighted by Gasteiger charge is 2.62. The third-order valence-electron chi connectivity index (χ3n) is 5.47. The zero-order valence-electron chi connectivity index (χ0n) is 16.0. The van der Waals surface area contributed by atoms with Crippen molar-refractivity contribution in [1.29, 1.82) is 0 Å². The van der Waals surface area contributed by atoms with Crippen molar-refractivity contribution in [3.05, 3.63) is 52.6 Å². The van der Waals surface area contributed by atoms with Gasteiger partial charge < -0.3 is 20.5 Å². The maximum Gasteiger partial charge on any atom is 0.341 e. The van der Waals surface area contributed by atoms with Crippen LogP contribution < -0.4 is 15.8 Å². The van der Waals surface area contributed by atoms with Gasteiger partial charge in [-0.15, -0.1) is 0 Å². The summed E-state index contributed by atoms with van der Waals surface area (Å²) < 4.78 is 10.8. The molecule has 4 rings (SSSR count). The molecule has 7 heteroatoms. The second kappa shape index (κ2) is 5.95. The minimum Gasteiger partial charge on any atom is -0.462 e. The fraction of sp³-hybridized carbons (Fsp3) is 0.381. The molecule has 1 aromatic rings. The number of ketones is 1. The van der Waals surface area contributed by atoms with E-state index >= 15 is 0 Å². The number of amides is 1. The number of nitrogens with two attached hydrogens (primary N) is 1. The minimum atomic E-state index is -1.66. The predicted molar refractivity (Wildman–Crippen MR) is 99.8 cm³/mol. The summed E-state index contributed by atoms with van der Waals surface area (Å²) in [6.45, 7) is 5.70. The van der Waals surface area contributed by atoms with E-state index in [0.29, 0.717) is 23.4 Å². The van der Waals surface area contributed by atoms with Crippen molar-refractivity contribution in [2.24, 2.45) is 11.1 Å². The van der Waals surface area contributed by atoms with E-state index in [2.05, 4.69) is 5.32 Å². The highest BCUT2D eigenvalue weighted by molar-refractivity contribution is 6.19. The zero-order valence-corrected chi connectivity index (χ0v) is 16.0. The van der Waals surface area contributed by atoms with Crippen LogP contribution in [0.15, 0.2) is 47.0 Å². The number of benzene rings is 1. The average molecular weight is 382 g/mol. The molecule has 0 unspecified atom stereocenters. The highest BCUT2D eigenvalue weighted by Crippen LogP contribution is 2.55. The maximum absolute atomic E-state index is 13.4. The van der Waals surface area contributed by atoms with Crippen LogP contribution in [-0.2, 0) is 24.5 Å². The molecule has 2 heterocycles. The number of carbonyl (C=O) groups is 3. The van der Waals surface area contributed by atoms with E-state index in [4.69, 9.17) is 15.2 Å². The van der Waals surface area contributed by atoms with E-state index in [1.165, 1.54) is 0 Å². The summed E-state index contributed by atoms with van der Waals surface area (Å²) >= 11 is 0. The van der Waals surface area contributed by atoms with Crippen molar-refractivity contribution in [2.75, 3.05) is 6.61 Å². The molecule has 3 N–H and O–H groups in total. The molecule has 2 aliphatic heterocycles. The molecule has 1 aliphatic carbocycles. The van der Waals surface area contributed by atoms with Gasteiger partial charge >= 0.3 is 5.97 Å². The molecule has 0 aromatic heterocycles. The number of rotatable bonds is 2. The van der Waals surface area contributed by atoms with Crippen molar-refractivity contribution in [2.45, 2.75) is 39.0 Å². The number of hydrogen-bond donors (Lipinski definition) is 2. The topological polar surface area (TPSA) is 108 Å². The first-order valence-corrected chi connectivity index (χ1v) is 9.25. The number of hydrogen-bond acceptors (Lipinski definition) is 6. The number of nitrogens with one attached hydrogen (secondary N) is 1. The Hall–Kier alpha value is -3.09. The van der Waals surface area contributed by atoms with Gasteiger partial charge in [0.15, 0.2) is 5.78 Å². The van der Waals surface area contributed by atoms with Crippen LogP contribution in [0, 0.1) is 5.41 Å².